The number of hydrogen-bond donors (Lipinski definition) is 0. The highest BCUT2D eigenvalue weighted by Crippen LogP contribution is 2.46. The highest BCUT2D eigenvalue weighted by Gasteiger charge is 2.64. The summed E-state index contributed by atoms with van der Waals surface area (Å²) in [5, 5.41) is 0.789. The number of halogens is 3. The minimum atomic E-state index is -1.22. The Labute approximate surface area is 192 Å². The zero-order chi connectivity index (χ0) is 21.6. The summed E-state index contributed by atoms with van der Waals surface area (Å²) >= 11 is 15.4. The van der Waals surface area contributed by atoms with Gasteiger partial charge in [0, 0.05) is 29.6 Å². The average molecular weight is 511 g/mol. The molecule has 0 aromatic heterocycles. The Bertz CT molecular complexity index is 1020. The van der Waals surface area contributed by atoms with Crippen molar-refractivity contribution in [3.05, 3.63) is 64.1 Å². The van der Waals surface area contributed by atoms with Crippen LogP contribution in [0.5, 0.6) is 0 Å². The number of likely N-dealkylation sites (tertiary alicyclic amines) is 1. The maximum atomic E-state index is 13.8. The van der Waals surface area contributed by atoms with E-state index >= 15 is 0 Å². The van der Waals surface area contributed by atoms with Crippen LogP contribution < -0.4 is 4.90 Å². The van der Waals surface area contributed by atoms with Crippen LogP contribution >= 0.6 is 39.1 Å². The van der Waals surface area contributed by atoms with Crippen LogP contribution in [0, 0.1) is 0 Å². The third-order valence-corrected chi connectivity index (χ3v) is 6.75. The predicted molar refractivity (Wildman–Crippen MR) is 119 cm³/mol. The lowest BCUT2D eigenvalue weighted by Gasteiger charge is -2.33. The fraction of sp³-hybridized carbons (Fsp3) is 0.286. The summed E-state index contributed by atoms with van der Waals surface area (Å²) in [6.07, 6.45) is 0. The van der Waals surface area contributed by atoms with E-state index in [2.05, 4.69) is 15.9 Å². The molecule has 2 aromatic carbocycles. The standard InChI is InChI=1S/C21H18BrCl2N3O3/c1-25-20(30)27(16-8-14(23)7-15(24)9-16)19(29)21(25)12-26(18(28)10-22)11-17(21)13-5-3-2-4-6-13/h2-9,17H,10-12H2,1H3/t17-,21+/m0/s1. The van der Waals surface area contributed by atoms with E-state index in [1.165, 1.54) is 23.1 Å². The molecule has 30 heavy (non-hydrogen) atoms. The van der Waals surface area contributed by atoms with Crippen LogP contribution in [0.4, 0.5) is 10.5 Å². The first-order chi connectivity index (χ1) is 14.3. The minimum absolute atomic E-state index is 0.114. The first kappa shape index (κ1) is 21.2. The molecule has 2 aliphatic rings. The number of benzene rings is 2. The quantitative estimate of drug-likeness (QED) is 0.460. The summed E-state index contributed by atoms with van der Waals surface area (Å²) < 4.78 is 0. The van der Waals surface area contributed by atoms with E-state index < -0.39 is 17.5 Å². The van der Waals surface area contributed by atoms with E-state index in [1.807, 2.05) is 30.3 Å². The fourth-order valence-corrected chi connectivity index (χ4v) is 5.24. The number of nitrogens with zero attached hydrogens (tertiary/aromatic N) is 3. The van der Waals surface area contributed by atoms with Gasteiger partial charge in [-0.1, -0.05) is 69.5 Å². The number of likely N-dealkylation sites (N-methyl/N-ethyl adjacent to an activating group) is 1. The monoisotopic (exact) mass is 509 g/mol. The van der Waals surface area contributed by atoms with Gasteiger partial charge in [0.05, 0.1) is 17.6 Å². The molecule has 2 heterocycles. The third-order valence-electron chi connectivity index (χ3n) is 5.84. The van der Waals surface area contributed by atoms with Crippen molar-refractivity contribution in [2.75, 3.05) is 30.4 Å². The maximum absolute atomic E-state index is 13.8. The molecule has 156 valence electrons. The molecule has 0 unspecified atom stereocenters. The molecule has 2 atom stereocenters. The number of alkyl halides is 1. The van der Waals surface area contributed by atoms with Gasteiger partial charge in [0.25, 0.3) is 5.91 Å². The van der Waals surface area contributed by atoms with Gasteiger partial charge in [0.2, 0.25) is 5.91 Å². The van der Waals surface area contributed by atoms with E-state index in [4.69, 9.17) is 23.2 Å². The van der Waals surface area contributed by atoms with E-state index in [9.17, 15) is 14.4 Å². The highest BCUT2D eigenvalue weighted by molar-refractivity contribution is 9.09. The summed E-state index contributed by atoms with van der Waals surface area (Å²) in [6, 6.07) is 13.6. The summed E-state index contributed by atoms with van der Waals surface area (Å²) in [5.41, 5.74) is -0.0184. The van der Waals surface area contributed by atoms with Crippen molar-refractivity contribution in [1.82, 2.24) is 9.80 Å². The van der Waals surface area contributed by atoms with Gasteiger partial charge in [-0.15, -0.1) is 0 Å². The number of urea groups is 1. The molecule has 0 saturated carbocycles. The van der Waals surface area contributed by atoms with Gasteiger partial charge < -0.3 is 9.80 Å². The van der Waals surface area contributed by atoms with Crippen molar-refractivity contribution >= 4 is 62.7 Å². The second-order valence-corrected chi connectivity index (χ2v) is 8.84. The molecular weight excluding hydrogens is 493 g/mol. The molecule has 0 aliphatic carbocycles. The second kappa shape index (κ2) is 7.87. The third kappa shape index (κ3) is 3.20. The lowest BCUT2D eigenvalue weighted by atomic mass is 9.81. The first-order valence-electron chi connectivity index (χ1n) is 9.26. The predicted octanol–water partition coefficient (Wildman–Crippen LogP) is 4.15. The van der Waals surface area contributed by atoms with Crippen molar-refractivity contribution in [3.8, 4) is 0 Å². The van der Waals surface area contributed by atoms with Gasteiger partial charge in [0.1, 0.15) is 5.54 Å². The van der Waals surface area contributed by atoms with Gasteiger partial charge in [-0.05, 0) is 23.8 Å². The molecule has 6 nitrogen and oxygen atoms in total. The normalized spacial score (nSPS) is 23.7. The molecule has 2 aliphatic heterocycles. The Hall–Kier alpha value is -2.09. The Morgan fingerprint density at radius 3 is 2.37 bits per heavy atom. The lowest BCUT2D eigenvalue weighted by molar-refractivity contribution is -0.128. The number of rotatable bonds is 3. The number of imide groups is 1. The van der Waals surface area contributed by atoms with Crippen LogP contribution in [0.1, 0.15) is 11.5 Å². The minimum Gasteiger partial charge on any atom is -0.338 e. The zero-order valence-electron chi connectivity index (χ0n) is 16.0. The Balaban J connectivity index is 1.84. The van der Waals surface area contributed by atoms with Gasteiger partial charge in [-0.3, -0.25) is 9.59 Å². The van der Waals surface area contributed by atoms with Crippen molar-refractivity contribution in [2.45, 2.75) is 11.5 Å². The molecule has 1 spiro atoms. The number of amides is 4. The summed E-state index contributed by atoms with van der Waals surface area (Å²) in [7, 11) is 1.60. The summed E-state index contributed by atoms with van der Waals surface area (Å²) in [4.78, 5) is 43.8. The topological polar surface area (TPSA) is 60.9 Å². The van der Waals surface area contributed by atoms with E-state index in [0.29, 0.717) is 22.3 Å². The molecule has 2 saturated heterocycles. The van der Waals surface area contributed by atoms with Gasteiger partial charge >= 0.3 is 6.03 Å². The maximum Gasteiger partial charge on any atom is 0.332 e. The van der Waals surface area contributed by atoms with Crippen LogP contribution in [0.15, 0.2) is 48.5 Å². The number of anilines is 1. The van der Waals surface area contributed by atoms with Crippen LogP contribution in [0.3, 0.4) is 0 Å². The largest absolute Gasteiger partial charge is 0.338 e. The number of hydrogen-bond acceptors (Lipinski definition) is 3. The second-order valence-electron chi connectivity index (χ2n) is 7.41. The Morgan fingerprint density at radius 2 is 1.77 bits per heavy atom. The van der Waals surface area contributed by atoms with Gasteiger partial charge in [-0.25, -0.2) is 9.69 Å². The van der Waals surface area contributed by atoms with Crippen molar-refractivity contribution in [3.63, 3.8) is 0 Å². The molecule has 0 radical (unpaired) electrons. The SMILES string of the molecule is CN1C(=O)N(c2cc(Cl)cc(Cl)c2)C(=O)[C@]12CN(C(=O)CBr)C[C@H]2c1ccccc1. The molecule has 0 bridgehead atoms. The molecule has 0 N–H and O–H groups in total. The molecular formula is C21H18BrCl2N3O3. The zero-order valence-corrected chi connectivity index (χ0v) is 19.1. The molecule has 9 heteroatoms. The Morgan fingerprint density at radius 1 is 1.13 bits per heavy atom. The molecule has 4 rings (SSSR count). The van der Waals surface area contributed by atoms with Gasteiger partial charge in [-0.2, -0.15) is 0 Å². The van der Waals surface area contributed by atoms with Crippen LogP contribution in [-0.4, -0.2) is 58.7 Å². The first-order valence-corrected chi connectivity index (χ1v) is 11.1. The number of carbonyl (C=O) groups is 3. The van der Waals surface area contributed by atoms with Crippen molar-refractivity contribution in [2.24, 2.45) is 0 Å². The average Bonchev–Trinajstić information content (AvgIpc) is 3.21. The number of carbonyl (C=O) groups excluding carboxylic acids is 3. The van der Waals surface area contributed by atoms with Crippen molar-refractivity contribution in [1.29, 1.82) is 0 Å². The van der Waals surface area contributed by atoms with Crippen molar-refractivity contribution < 1.29 is 14.4 Å². The fourth-order valence-electron chi connectivity index (χ4n) is 4.38. The summed E-state index contributed by atoms with van der Waals surface area (Å²) in [6.45, 7) is 0.449. The highest BCUT2D eigenvalue weighted by atomic mass is 79.9. The van der Waals surface area contributed by atoms with E-state index in [-0.39, 0.29) is 23.7 Å². The smallest absolute Gasteiger partial charge is 0.332 e. The lowest BCUT2D eigenvalue weighted by Crippen LogP contribution is -2.54. The van der Waals surface area contributed by atoms with E-state index in [1.54, 1.807) is 11.9 Å². The summed E-state index contributed by atoms with van der Waals surface area (Å²) in [5.74, 6) is -0.902. The van der Waals surface area contributed by atoms with Crippen LogP contribution in [0.2, 0.25) is 10.0 Å². The molecule has 2 fully saturated rings. The Kier molecular flexibility index (Phi) is 5.55. The van der Waals surface area contributed by atoms with Crippen LogP contribution in [0.25, 0.3) is 0 Å². The van der Waals surface area contributed by atoms with E-state index in [0.717, 1.165) is 10.5 Å². The molecule has 2 aromatic rings. The van der Waals surface area contributed by atoms with Gasteiger partial charge in [0.15, 0.2) is 0 Å². The van der Waals surface area contributed by atoms with Crippen LogP contribution in [-0.2, 0) is 9.59 Å². The molecule has 4 amide bonds.